The molecule has 2 saturated heterocycles. The molecule has 2 fully saturated rings. The van der Waals surface area contributed by atoms with Crippen LogP contribution >= 0.6 is 0 Å². The summed E-state index contributed by atoms with van der Waals surface area (Å²) in [7, 11) is 1.60. The van der Waals surface area contributed by atoms with Crippen molar-refractivity contribution in [2.24, 2.45) is 0 Å². The number of amides is 1. The zero-order valence-electron chi connectivity index (χ0n) is 21.0. The molecule has 1 amide bonds. The molecule has 2 aromatic carbocycles. The van der Waals surface area contributed by atoms with Crippen molar-refractivity contribution in [3.05, 3.63) is 71.8 Å². The monoisotopic (exact) mass is 504 g/mol. The van der Waals surface area contributed by atoms with Gasteiger partial charge in [-0.2, -0.15) is 0 Å². The van der Waals surface area contributed by atoms with Gasteiger partial charge < -0.3 is 25.6 Å². The van der Waals surface area contributed by atoms with Crippen molar-refractivity contribution in [1.29, 1.82) is 0 Å². The van der Waals surface area contributed by atoms with Crippen LogP contribution in [0.3, 0.4) is 0 Å². The molecule has 37 heavy (non-hydrogen) atoms. The molecule has 9 heteroatoms. The van der Waals surface area contributed by atoms with Crippen LogP contribution in [0.5, 0.6) is 5.75 Å². The number of hydrogen-bond acceptors (Lipinski definition) is 7. The number of benzene rings is 2. The fourth-order valence-corrected chi connectivity index (χ4v) is 5.06. The number of piperidine rings is 2. The van der Waals surface area contributed by atoms with E-state index in [1.165, 1.54) is 0 Å². The van der Waals surface area contributed by atoms with Crippen molar-refractivity contribution in [3.8, 4) is 5.75 Å². The first kappa shape index (κ1) is 25.0. The van der Waals surface area contributed by atoms with Gasteiger partial charge in [0.1, 0.15) is 17.4 Å². The van der Waals surface area contributed by atoms with E-state index in [9.17, 15) is 9.18 Å². The lowest BCUT2D eigenvalue weighted by molar-refractivity contribution is 0.0933. The normalized spacial score (nSPS) is 18.3. The van der Waals surface area contributed by atoms with E-state index in [2.05, 4.69) is 30.8 Å². The van der Waals surface area contributed by atoms with E-state index in [1.54, 1.807) is 55.9 Å². The third-order valence-corrected chi connectivity index (χ3v) is 7.12. The van der Waals surface area contributed by atoms with Crippen LogP contribution in [0.15, 0.2) is 54.9 Å². The molecular weight excluding hydrogens is 471 g/mol. The number of nitrogens with zero attached hydrogens (tertiary/aromatic N) is 3. The molecule has 194 valence electrons. The summed E-state index contributed by atoms with van der Waals surface area (Å²) in [6.45, 7) is 3.38. The first-order valence-corrected chi connectivity index (χ1v) is 12.9. The number of halogens is 1. The Balaban J connectivity index is 1.22. The van der Waals surface area contributed by atoms with Crippen molar-refractivity contribution < 1.29 is 13.9 Å². The lowest BCUT2D eigenvalue weighted by Crippen LogP contribution is -2.48. The Kier molecular flexibility index (Phi) is 7.79. The SMILES string of the molecule is COc1ccc(C(=O)N[C@@H]2CCCN(c3cncc(Nc4ccc(C5CCNCC5)cc4F)n3)C2)cc1. The van der Waals surface area contributed by atoms with Crippen LogP contribution in [0.2, 0.25) is 0 Å². The second-order valence-corrected chi connectivity index (χ2v) is 9.64. The van der Waals surface area contributed by atoms with Crippen molar-refractivity contribution in [1.82, 2.24) is 20.6 Å². The highest BCUT2D eigenvalue weighted by molar-refractivity contribution is 5.94. The Morgan fingerprint density at radius 1 is 1.11 bits per heavy atom. The van der Waals surface area contributed by atoms with Gasteiger partial charge in [0.25, 0.3) is 5.91 Å². The van der Waals surface area contributed by atoms with Gasteiger partial charge >= 0.3 is 0 Å². The Labute approximate surface area is 216 Å². The molecule has 3 heterocycles. The van der Waals surface area contributed by atoms with E-state index in [1.807, 2.05) is 6.07 Å². The van der Waals surface area contributed by atoms with Crippen LogP contribution in [-0.2, 0) is 0 Å². The molecule has 0 radical (unpaired) electrons. The molecule has 0 unspecified atom stereocenters. The van der Waals surface area contributed by atoms with E-state index in [4.69, 9.17) is 4.74 Å². The lowest BCUT2D eigenvalue weighted by atomic mass is 9.90. The summed E-state index contributed by atoms with van der Waals surface area (Å²) in [5.74, 6) is 1.88. The fraction of sp³-hybridized carbons (Fsp3) is 0.393. The average molecular weight is 505 g/mol. The van der Waals surface area contributed by atoms with Crippen LogP contribution in [0.1, 0.15) is 47.5 Å². The maximum Gasteiger partial charge on any atom is 0.251 e. The van der Waals surface area contributed by atoms with Crippen LogP contribution in [0.25, 0.3) is 0 Å². The molecular formula is C28H33FN6O2. The number of hydrogen-bond donors (Lipinski definition) is 3. The van der Waals surface area contributed by atoms with Gasteiger partial charge in [-0.1, -0.05) is 6.07 Å². The van der Waals surface area contributed by atoms with Gasteiger partial charge in [0.05, 0.1) is 25.2 Å². The zero-order chi connectivity index (χ0) is 25.6. The van der Waals surface area contributed by atoms with Gasteiger partial charge in [-0.15, -0.1) is 0 Å². The molecule has 0 aliphatic carbocycles. The molecule has 2 aliphatic rings. The topological polar surface area (TPSA) is 91.4 Å². The van der Waals surface area contributed by atoms with E-state index in [-0.39, 0.29) is 17.8 Å². The van der Waals surface area contributed by atoms with Gasteiger partial charge in [-0.25, -0.2) is 9.37 Å². The molecule has 8 nitrogen and oxygen atoms in total. The molecule has 0 saturated carbocycles. The summed E-state index contributed by atoms with van der Waals surface area (Å²) in [4.78, 5) is 23.8. The minimum Gasteiger partial charge on any atom is -0.497 e. The first-order valence-electron chi connectivity index (χ1n) is 12.9. The van der Waals surface area contributed by atoms with E-state index in [0.29, 0.717) is 41.1 Å². The van der Waals surface area contributed by atoms with Crippen LogP contribution in [0.4, 0.5) is 21.7 Å². The van der Waals surface area contributed by atoms with Gasteiger partial charge in [0.2, 0.25) is 0 Å². The predicted molar refractivity (Wildman–Crippen MR) is 142 cm³/mol. The van der Waals surface area contributed by atoms with E-state index >= 15 is 0 Å². The largest absolute Gasteiger partial charge is 0.497 e. The van der Waals surface area contributed by atoms with Crippen LogP contribution in [-0.4, -0.2) is 55.2 Å². The quantitative estimate of drug-likeness (QED) is 0.444. The number of nitrogens with one attached hydrogen (secondary N) is 3. The van der Waals surface area contributed by atoms with Crippen molar-refractivity contribution in [3.63, 3.8) is 0 Å². The Morgan fingerprint density at radius 3 is 2.68 bits per heavy atom. The molecule has 0 spiro atoms. The maximum absolute atomic E-state index is 14.9. The van der Waals surface area contributed by atoms with Crippen LogP contribution < -0.4 is 25.6 Å². The van der Waals surface area contributed by atoms with Gasteiger partial charge in [0.15, 0.2) is 5.82 Å². The van der Waals surface area contributed by atoms with Gasteiger partial charge in [0, 0.05) is 24.7 Å². The number of anilines is 3. The molecule has 5 rings (SSSR count). The Hall–Kier alpha value is -3.72. The van der Waals surface area contributed by atoms with E-state index in [0.717, 1.165) is 50.9 Å². The Morgan fingerprint density at radius 2 is 1.92 bits per heavy atom. The highest BCUT2D eigenvalue weighted by atomic mass is 19.1. The van der Waals surface area contributed by atoms with Crippen molar-refractivity contribution >= 4 is 23.2 Å². The molecule has 2 aliphatic heterocycles. The van der Waals surface area contributed by atoms with Crippen LogP contribution in [0, 0.1) is 5.82 Å². The summed E-state index contributed by atoms with van der Waals surface area (Å²) in [5.41, 5.74) is 2.02. The number of carbonyl (C=O) groups is 1. The minimum absolute atomic E-state index is 0.0123. The summed E-state index contributed by atoms with van der Waals surface area (Å²) >= 11 is 0. The molecule has 3 aromatic rings. The van der Waals surface area contributed by atoms with E-state index < -0.39 is 0 Å². The van der Waals surface area contributed by atoms with Crippen molar-refractivity contribution in [2.75, 3.05) is 43.5 Å². The first-order chi connectivity index (χ1) is 18.1. The number of aromatic nitrogens is 2. The molecule has 1 aromatic heterocycles. The third kappa shape index (κ3) is 6.17. The summed E-state index contributed by atoms with van der Waals surface area (Å²) in [5, 5.41) is 9.56. The number of rotatable bonds is 7. The highest BCUT2D eigenvalue weighted by Crippen LogP contribution is 2.29. The molecule has 1 atom stereocenters. The van der Waals surface area contributed by atoms with Gasteiger partial charge in [-0.3, -0.25) is 9.78 Å². The Bertz CT molecular complexity index is 1220. The number of ether oxygens (including phenoxy) is 1. The highest BCUT2D eigenvalue weighted by Gasteiger charge is 2.23. The number of methoxy groups -OCH3 is 1. The smallest absolute Gasteiger partial charge is 0.251 e. The maximum atomic E-state index is 14.9. The summed E-state index contributed by atoms with van der Waals surface area (Å²) in [6.07, 6.45) is 7.15. The second-order valence-electron chi connectivity index (χ2n) is 9.64. The molecule has 3 N–H and O–H groups in total. The number of carbonyl (C=O) groups excluding carboxylic acids is 1. The molecule has 0 bridgehead atoms. The zero-order valence-corrected chi connectivity index (χ0v) is 21.0. The average Bonchev–Trinajstić information content (AvgIpc) is 2.95. The second kappa shape index (κ2) is 11.6. The van der Waals surface area contributed by atoms with Crippen molar-refractivity contribution in [2.45, 2.75) is 37.6 Å². The minimum atomic E-state index is -0.289. The summed E-state index contributed by atoms with van der Waals surface area (Å²) < 4.78 is 20.1. The fourth-order valence-electron chi connectivity index (χ4n) is 5.06. The van der Waals surface area contributed by atoms with Gasteiger partial charge in [-0.05, 0) is 86.7 Å². The standard InChI is InChI=1S/C28H33FN6O2/c1-37-23-7-4-20(5-8-23)28(36)32-22-3-2-14-35(18-22)27-17-31-16-26(34-27)33-25-9-6-21(15-24(25)29)19-10-12-30-13-11-19/h4-9,15-17,19,22,30H,2-3,10-14,18H2,1H3,(H,32,36)(H,33,34)/t22-/m1/s1. The summed E-state index contributed by atoms with van der Waals surface area (Å²) in [6, 6.07) is 12.5. The third-order valence-electron chi connectivity index (χ3n) is 7.12. The lowest BCUT2D eigenvalue weighted by Gasteiger charge is -2.34. The predicted octanol–water partition coefficient (Wildman–Crippen LogP) is 4.23.